The van der Waals surface area contributed by atoms with Crippen LogP contribution in [-0.4, -0.2) is 25.9 Å². The molecule has 0 spiro atoms. The Labute approximate surface area is 101 Å². The number of hydrogen-bond acceptors (Lipinski definition) is 3. The smallest absolute Gasteiger partial charge is 0.128 e. The summed E-state index contributed by atoms with van der Waals surface area (Å²) in [4.78, 5) is 0. The van der Waals surface area contributed by atoms with Crippen LogP contribution in [-0.2, 0) is 12.1 Å². The molecule has 0 bridgehead atoms. The van der Waals surface area contributed by atoms with E-state index in [1.54, 1.807) is 19.2 Å². The number of halogens is 1. The number of aliphatic hydroxyl groups excluding tert-OH is 1. The first kappa shape index (κ1) is 13.8. The topological polar surface area (TPSA) is 38.7 Å². The highest BCUT2D eigenvalue weighted by Gasteiger charge is 2.25. The zero-order chi connectivity index (χ0) is 13.1. The monoisotopic (exact) mass is 242 g/mol. The summed E-state index contributed by atoms with van der Waals surface area (Å²) in [7, 11) is 3.03. The van der Waals surface area contributed by atoms with Crippen LogP contribution in [0.1, 0.15) is 25.0 Å². The summed E-state index contributed by atoms with van der Waals surface area (Å²) in [5.41, 5.74) is 0.752. The van der Waals surface area contributed by atoms with Crippen LogP contribution < -0.4 is 9.47 Å². The lowest BCUT2D eigenvalue weighted by atomic mass is 9.84. The van der Waals surface area contributed by atoms with Gasteiger partial charge in [-0.25, -0.2) is 4.39 Å². The minimum absolute atomic E-state index is 0.0403. The highest BCUT2D eigenvalue weighted by molar-refractivity contribution is 5.49. The molecule has 0 amide bonds. The van der Waals surface area contributed by atoms with Gasteiger partial charge in [0.05, 0.1) is 20.8 Å². The molecule has 0 radical (unpaired) electrons. The molecule has 96 valence electrons. The van der Waals surface area contributed by atoms with E-state index in [0.29, 0.717) is 17.1 Å². The van der Waals surface area contributed by atoms with Gasteiger partial charge in [0.2, 0.25) is 0 Å². The Kier molecular flexibility index (Phi) is 4.34. The summed E-state index contributed by atoms with van der Waals surface area (Å²) in [6, 6.07) is 3.34. The normalized spacial score (nSPS) is 11.4. The molecular formula is C13H19FO3. The molecule has 0 aliphatic rings. The maximum Gasteiger partial charge on any atom is 0.128 e. The third-order valence-corrected chi connectivity index (χ3v) is 2.87. The Balaban J connectivity index is 3.38. The minimum Gasteiger partial charge on any atom is -0.496 e. The van der Waals surface area contributed by atoms with Gasteiger partial charge in [-0.05, 0) is 6.07 Å². The third-order valence-electron chi connectivity index (χ3n) is 2.87. The lowest BCUT2D eigenvalue weighted by molar-refractivity contribution is 0.214. The van der Waals surface area contributed by atoms with E-state index in [1.807, 2.05) is 13.8 Å². The molecule has 1 aromatic carbocycles. The second-order valence-corrected chi connectivity index (χ2v) is 4.54. The highest BCUT2D eigenvalue weighted by Crippen LogP contribution is 2.36. The van der Waals surface area contributed by atoms with Gasteiger partial charge in [-0.2, -0.15) is 0 Å². The van der Waals surface area contributed by atoms with Crippen molar-refractivity contribution in [2.24, 2.45) is 0 Å². The van der Waals surface area contributed by atoms with Crippen molar-refractivity contribution in [2.75, 3.05) is 20.8 Å². The van der Waals surface area contributed by atoms with E-state index in [9.17, 15) is 9.50 Å². The van der Waals surface area contributed by atoms with E-state index in [2.05, 4.69) is 0 Å². The van der Waals surface area contributed by atoms with E-state index in [1.165, 1.54) is 7.11 Å². The fourth-order valence-electron chi connectivity index (χ4n) is 1.68. The average molecular weight is 242 g/mol. The molecule has 3 nitrogen and oxygen atoms in total. The van der Waals surface area contributed by atoms with Crippen LogP contribution in [0, 0.1) is 0 Å². The molecular weight excluding hydrogens is 223 g/mol. The Hall–Kier alpha value is -1.29. The molecule has 1 rings (SSSR count). The number of rotatable bonds is 5. The van der Waals surface area contributed by atoms with Crippen molar-refractivity contribution in [3.05, 3.63) is 23.3 Å². The van der Waals surface area contributed by atoms with Crippen molar-refractivity contribution in [1.82, 2.24) is 0 Å². The molecule has 17 heavy (non-hydrogen) atoms. The van der Waals surface area contributed by atoms with Crippen molar-refractivity contribution in [1.29, 1.82) is 0 Å². The Bertz CT molecular complexity index is 388. The number of methoxy groups -OCH3 is 2. The van der Waals surface area contributed by atoms with Gasteiger partial charge in [0.1, 0.15) is 18.2 Å². The Morgan fingerprint density at radius 2 is 1.76 bits per heavy atom. The molecule has 0 unspecified atom stereocenters. The molecule has 0 saturated carbocycles. The largest absolute Gasteiger partial charge is 0.496 e. The standard InChI is InChI=1S/C13H19FO3/c1-13(2,8-15)10-5-9(7-14)11(16-3)6-12(10)17-4/h5-6,15H,7-8H2,1-4H3. The second kappa shape index (κ2) is 5.36. The lowest BCUT2D eigenvalue weighted by Crippen LogP contribution is -2.23. The summed E-state index contributed by atoms with van der Waals surface area (Å²) in [5, 5.41) is 9.38. The van der Waals surface area contributed by atoms with Crippen LogP contribution in [0.25, 0.3) is 0 Å². The first-order chi connectivity index (χ1) is 8.00. The van der Waals surface area contributed by atoms with Crippen molar-refractivity contribution in [3.63, 3.8) is 0 Å². The molecule has 1 aromatic rings. The van der Waals surface area contributed by atoms with Gasteiger partial charge in [0, 0.05) is 22.6 Å². The van der Waals surface area contributed by atoms with Gasteiger partial charge in [-0.15, -0.1) is 0 Å². The molecule has 0 aliphatic carbocycles. The van der Waals surface area contributed by atoms with Crippen LogP contribution in [0.2, 0.25) is 0 Å². The number of ether oxygens (including phenoxy) is 2. The van der Waals surface area contributed by atoms with E-state index < -0.39 is 12.1 Å². The fraction of sp³-hybridized carbons (Fsp3) is 0.538. The predicted octanol–water partition coefficient (Wildman–Crippen LogP) is 2.44. The maximum absolute atomic E-state index is 12.9. The van der Waals surface area contributed by atoms with Gasteiger partial charge < -0.3 is 14.6 Å². The van der Waals surface area contributed by atoms with Gasteiger partial charge >= 0.3 is 0 Å². The maximum atomic E-state index is 12.9. The first-order valence-corrected chi connectivity index (χ1v) is 5.42. The van der Waals surface area contributed by atoms with E-state index in [0.717, 1.165) is 5.56 Å². The summed E-state index contributed by atoms with van der Waals surface area (Å²) in [5.74, 6) is 1.06. The molecule has 1 N–H and O–H groups in total. The number of hydrogen-bond donors (Lipinski definition) is 1. The van der Waals surface area contributed by atoms with E-state index in [4.69, 9.17) is 9.47 Å². The van der Waals surface area contributed by atoms with Crippen molar-refractivity contribution in [2.45, 2.75) is 25.9 Å². The molecule has 0 fully saturated rings. The van der Waals surface area contributed by atoms with Crippen LogP contribution in [0.5, 0.6) is 11.5 Å². The molecule has 0 atom stereocenters. The van der Waals surface area contributed by atoms with Crippen molar-refractivity contribution >= 4 is 0 Å². The second-order valence-electron chi connectivity index (χ2n) is 4.54. The number of alkyl halides is 1. The Morgan fingerprint density at radius 1 is 1.18 bits per heavy atom. The van der Waals surface area contributed by atoms with Gasteiger partial charge in [0.25, 0.3) is 0 Å². The molecule has 0 heterocycles. The number of benzene rings is 1. The van der Waals surface area contributed by atoms with E-state index >= 15 is 0 Å². The predicted molar refractivity (Wildman–Crippen MR) is 64.5 cm³/mol. The third kappa shape index (κ3) is 2.69. The number of aliphatic hydroxyl groups is 1. The van der Waals surface area contributed by atoms with Gasteiger partial charge in [-0.3, -0.25) is 0 Å². The minimum atomic E-state index is -0.609. The van der Waals surface area contributed by atoms with Crippen LogP contribution in [0.3, 0.4) is 0 Å². The van der Waals surface area contributed by atoms with Crippen LogP contribution in [0.4, 0.5) is 4.39 Å². The summed E-state index contributed by atoms with van der Waals surface area (Å²) in [6.07, 6.45) is 0. The first-order valence-electron chi connectivity index (χ1n) is 5.42. The van der Waals surface area contributed by atoms with Gasteiger partial charge in [0.15, 0.2) is 0 Å². The van der Waals surface area contributed by atoms with Crippen LogP contribution >= 0.6 is 0 Å². The SMILES string of the molecule is COc1cc(OC)c(C(C)(C)CO)cc1CF. The van der Waals surface area contributed by atoms with E-state index in [-0.39, 0.29) is 6.61 Å². The zero-order valence-electron chi connectivity index (χ0n) is 10.7. The summed E-state index contributed by atoms with van der Waals surface area (Å²) in [6.45, 7) is 3.10. The van der Waals surface area contributed by atoms with Crippen LogP contribution in [0.15, 0.2) is 12.1 Å². The fourth-order valence-corrected chi connectivity index (χ4v) is 1.68. The quantitative estimate of drug-likeness (QED) is 0.862. The van der Waals surface area contributed by atoms with Crippen molar-refractivity contribution in [3.8, 4) is 11.5 Å². The molecule has 0 aromatic heterocycles. The average Bonchev–Trinajstić information content (AvgIpc) is 2.36. The van der Waals surface area contributed by atoms with Gasteiger partial charge in [-0.1, -0.05) is 13.8 Å². The molecule has 0 saturated heterocycles. The van der Waals surface area contributed by atoms with Crippen molar-refractivity contribution < 1.29 is 19.0 Å². The summed E-state index contributed by atoms with van der Waals surface area (Å²) < 4.78 is 23.3. The summed E-state index contributed by atoms with van der Waals surface area (Å²) >= 11 is 0. The highest BCUT2D eigenvalue weighted by atomic mass is 19.1. The Morgan fingerprint density at radius 3 is 2.18 bits per heavy atom. The molecule has 4 heteroatoms. The zero-order valence-corrected chi connectivity index (χ0v) is 10.7. The molecule has 0 aliphatic heterocycles. The lowest BCUT2D eigenvalue weighted by Gasteiger charge is -2.26.